The number of hydrogen-bond donors (Lipinski definition) is 0. The summed E-state index contributed by atoms with van der Waals surface area (Å²) in [7, 11) is 3.60. The molecular formula is C20H26N3STi-. The van der Waals surface area contributed by atoms with Crippen molar-refractivity contribution in [2.75, 3.05) is 14.1 Å². The van der Waals surface area contributed by atoms with E-state index >= 15 is 0 Å². The minimum Gasteiger partial charge on any atom is -0.779 e. The van der Waals surface area contributed by atoms with Crippen LogP contribution in [-0.2, 0) is 31.4 Å². The molecule has 0 aromatic heterocycles. The van der Waals surface area contributed by atoms with Gasteiger partial charge in [-0.05, 0) is 62.4 Å². The summed E-state index contributed by atoms with van der Waals surface area (Å²) in [5.41, 5.74) is 8.12. The van der Waals surface area contributed by atoms with Crippen LogP contribution in [0.25, 0.3) is 0 Å². The third-order valence-electron chi connectivity index (χ3n) is 3.99. The first-order valence-electron chi connectivity index (χ1n) is 8.14. The predicted molar refractivity (Wildman–Crippen MR) is 106 cm³/mol. The van der Waals surface area contributed by atoms with E-state index in [9.17, 15) is 0 Å². The maximum absolute atomic E-state index is 5.53. The van der Waals surface area contributed by atoms with Gasteiger partial charge in [0.15, 0.2) is 0 Å². The van der Waals surface area contributed by atoms with Crippen molar-refractivity contribution in [3.05, 3.63) is 57.6 Å². The smallest absolute Gasteiger partial charge is 0.0688 e. The molecular weight excluding hydrogens is 362 g/mol. The third kappa shape index (κ3) is 6.14. The molecule has 0 amide bonds. The van der Waals surface area contributed by atoms with Crippen LogP contribution in [0, 0.1) is 34.6 Å². The monoisotopic (exact) mass is 388 g/mol. The summed E-state index contributed by atoms with van der Waals surface area (Å²) in [5.74, 6) is 0. The number of benzene rings is 2. The van der Waals surface area contributed by atoms with Crippen LogP contribution in [0.15, 0.2) is 41.0 Å². The number of aliphatic imine (C=N–C) groups is 1. The molecule has 2 rings (SSSR count). The van der Waals surface area contributed by atoms with Crippen molar-refractivity contribution in [3.63, 3.8) is 0 Å². The van der Waals surface area contributed by atoms with Gasteiger partial charge >= 0.3 is 39.7 Å². The zero-order valence-corrected chi connectivity index (χ0v) is 18.5. The Morgan fingerprint density at radius 1 is 0.880 bits per heavy atom. The van der Waals surface area contributed by atoms with Crippen LogP contribution >= 0.6 is 0 Å². The van der Waals surface area contributed by atoms with Gasteiger partial charge in [0.2, 0.25) is 0 Å². The van der Waals surface area contributed by atoms with E-state index in [1.807, 2.05) is 6.21 Å². The van der Waals surface area contributed by atoms with E-state index in [-0.39, 0.29) is 18.8 Å². The topological polar surface area (TPSA) is 37.1 Å². The first kappa shape index (κ1) is 21.7. The summed E-state index contributed by atoms with van der Waals surface area (Å²) in [5, 5.41) is 0. The third-order valence-corrected chi connectivity index (χ3v) is 5.16. The number of para-hydroxylation sites is 1. The zero-order chi connectivity index (χ0) is 19.0. The van der Waals surface area contributed by atoms with Gasteiger partial charge in [-0.25, -0.2) is 0 Å². The van der Waals surface area contributed by atoms with Crippen LogP contribution in [0.5, 0.6) is 0 Å². The van der Waals surface area contributed by atoms with E-state index in [1.165, 1.54) is 22.3 Å². The quantitative estimate of drug-likeness (QED) is 0.376. The standard InChI is InChI=1S/C18H21NS.2CH3N.Ti/c1-11-7-6-8-12(2)17(11)19-10-16-15(5)13(3)9-14(4)18(16)20;2*1-2;/h6-10,20H,1-5H3;2*1H3;/p-1. The molecule has 0 saturated heterocycles. The van der Waals surface area contributed by atoms with Crippen LogP contribution in [0.3, 0.4) is 0 Å². The largest absolute Gasteiger partial charge is 0.779 e. The van der Waals surface area contributed by atoms with E-state index < -0.39 is 0 Å². The summed E-state index contributed by atoms with van der Waals surface area (Å²) in [6.07, 6.45) is 1.92. The van der Waals surface area contributed by atoms with Crippen molar-refractivity contribution in [2.45, 2.75) is 39.5 Å². The first-order chi connectivity index (χ1) is 11.8. The van der Waals surface area contributed by atoms with Crippen LogP contribution in [-0.4, -0.2) is 20.3 Å². The number of aryl methyl sites for hydroxylation is 4. The molecule has 0 aliphatic rings. The van der Waals surface area contributed by atoms with Crippen LogP contribution < -0.4 is 0 Å². The fourth-order valence-electron chi connectivity index (χ4n) is 2.49. The van der Waals surface area contributed by atoms with Gasteiger partial charge in [-0.1, -0.05) is 29.8 Å². The summed E-state index contributed by atoms with van der Waals surface area (Å²) >= 11 is 5.31. The van der Waals surface area contributed by atoms with Gasteiger partial charge in [-0.3, -0.25) is 4.99 Å². The molecule has 2 aromatic carbocycles. The molecule has 2 aromatic rings. The molecule has 0 heterocycles. The Morgan fingerprint density at radius 2 is 1.44 bits per heavy atom. The van der Waals surface area contributed by atoms with Crippen LogP contribution in [0.1, 0.15) is 33.4 Å². The molecule has 0 unspecified atom stereocenters. The van der Waals surface area contributed by atoms with Crippen molar-refractivity contribution in [1.82, 2.24) is 0 Å². The van der Waals surface area contributed by atoms with Gasteiger partial charge in [0.25, 0.3) is 0 Å². The minimum atomic E-state index is -0.222. The van der Waals surface area contributed by atoms with Crippen molar-refractivity contribution in [1.29, 1.82) is 0 Å². The molecule has 0 aliphatic heterocycles. The second-order valence-electron chi connectivity index (χ2n) is 5.92. The van der Waals surface area contributed by atoms with Gasteiger partial charge in [-0.2, -0.15) is 4.90 Å². The number of hydrogen-bond acceptors (Lipinski definition) is 4. The molecule has 0 radical (unpaired) electrons. The molecule has 0 atom stereocenters. The average molecular weight is 388 g/mol. The normalized spacial score (nSPS) is 10.0. The maximum Gasteiger partial charge on any atom is 0.0688 e. The van der Waals surface area contributed by atoms with Gasteiger partial charge in [0.1, 0.15) is 0 Å². The second-order valence-corrected chi connectivity index (χ2v) is 8.04. The van der Waals surface area contributed by atoms with Gasteiger partial charge in [0, 0.05) is 6.21 Å². The molecule has 0 saturated carbocycles. The number of nitrogens with zero attached hydrogens (tertiary/aromatic N) is 3. The summed E-state index contributed by atoms with van der Waals surface area (Å²) in [6, 6.07) is 8.38. The van der Waals surface area contributed by atoms with Crippen molar-refractivity contribution >= 4 is 24.5 Å². The molecule has 0 N–H and O–H groups in total. The Bertz CT molecular complexity index is 783. The predicted octanol–water partition coefficient (Wildman–Crippen LogP) is 5.58. The molecule has 5 heteroatoms. The SMILES string of the molecule is C[N]=[Ti]=[N]C.Cc1cc(C)c([S-])c(C=Nc2c(C)cccc2C)c1C. The van der Waals surface area contributed by atoms with Crippen molar-refractivity contribution in [2.24, 2.45) is 11.8 Å². The maximum atomic E-state index is 5.53. The molecule has 132 valence electrons. The Kier molecular flexibility index (Phi) is 9.19. The van der Waals surface area contributed by atoms with Crippen LogP contribution in [0.4, 0.5) is 5.69 Å². The Balaban J connectivity index is 0.000000550. The molecule has 0 bridgehead atoms. The van der Waals surface area contributed by atoms with E-state index in [0.29, 0.717) is 0 Å². The van der Waals surface area contributed by atoms with E-state index in [1.54, 1.807) is 14.1 Å². The summed E-state index contributed by atoms with van der Waals surface area (Å²) < 4.78 is 7.62. The van der Waals surface area contributed by atoms with Gasteiger partial charge in [0.05, 0.1) is 5.69 Å². The Hall–Kier alpha value is -1.36. The average Bonchev–Trinajstić information content (AvgIpc) is 2.56. The fourth-order valence-corrected chi connectivity index (χ4v) is 3.06. The molecule has 3 nitrogen and oxygen atoms in total. The molecule has 0 spiro atoms. The van der Waals surface area contributed by atoms with Gasteiger partial charge in [-0.15, -0.1) is 0 Å². The summed E-state index contributed by atoms with van der Waals surface area (Å²) in [6.45, 7) is 10.5. The van der Waals surface area contributed by atoms with Crippen molar-refractivity contribution in [3.8, 4) is 0 Å². The van der Waals surface area contributed by atoms with Crippen molar-refractivity contribution < 1.29 is 18.8 Å². The number of rotatable bonds is 2. The molecule has 25 heavy (non-hydrogen) atoms. The Morgan fingerprint density at radius 3 is 1.92 bits per heavy atom. The van der Waals surface area contributed by atoms with E-state index in [0.717, 1.165) is 21.7 Å². The van der Waals surface area contributed by atoms with Crippen LogP contribution in [0.2, 0.25) is 0 Å². The van der Waals surface area contributed by atoms with E-state index in [4.69, 9.17) is 12.6 Å². The Labute approximate surface area is 166 Å². The fraction of sp³-hybridized carbons (Fsp3) is 0.350. The first-order valence-corrected chi connectivity index (χ1v) is 9.94. The van der Waals surface area contributed by atoms with E-state index in [2.05, 4.69) is 70.7 Å². The minimum absolute atomic E-state index is 0.222. The molecule has 0 fully saturated rings. The zero-order valence-electron chi connectivity index (χ0n) is 16.1. The van der Waals surface area contributed by atoms with Gasteiger partial charge < -0.3 is 12.6 Å². The summed E-state index contributed by atoms with van der Waals surface area (Å²) in [4.78, 5) is 5.59. The molecule has 0 aliphatic carbocycles. The second kappa shape index (κ2) is 10.6.